The number of hydrogen-bond acceptors (Lipinski definition) is 6. The van der Waals surface area contributed by atoms with E-state index in [1.807, 2.05) is 30.3 Å². The number of hydrogen-bond donors (Lipinski definition) is 3. The number of methoxy groups -OCH3 is 3. The van der Waals surface area contributed by atoms with Gasteiger partial charge in [-0.2, -0.15) is 0 Å². The number of rotatable bonds is 7. The molecule has 0 heterocycles. The van der Waals surface area contributed by atoms with Crippen LogP contribution in [-0.2, 0) is 4.79 Å². The van der Waals surface area contributed by atoms with Gasteiger partial charge in [0.15, 0.2) is 6.61 Å². The molecule has 162 valence electrons. The summed E-state index contributed by atoms with van der Waals surface area (Å²) in [5.74, 6) is 1.77. The summed E-state index contributed by atoms with van der Waals surface area (Å²) in [6.45, 7) is -0.270. The van der Waals surface area contributed by atoms with Crippen molar-refractivity contribution >= 4 is 28.4 Å². The van der Waals surface area contributed by atoms with Crippen LogP contribution in [0.15, 0.2) is 54.6 Å². The van der Waals surface area contributed by atoms with E-state index in [1.54, 1.807) is 31.4 Å². The third-order valence-electron chi connectivity index (χ3n) is 4.36. The number of benzene rings is 3. The molecule has 3 amide bonds. The van der Waals surface area contributed by atoms with Crippen LogP contribution in [0.4, 0.5) is 10.5 Å². The molecule has 0 radical (unpaired) electrons. The van der Waals surface area contributed by atoms with Gasteiger partial charge >= 0.3 is 6.03 Å². The van der Waals surface area contributed by atoms with Gasteiger partial charge in [-0.1, -0.05) is 12.1 Å². The van der Waals surface area contributed by atoms with E-state index in [1.165, 1.54) is 14.2 Å². The number of anilines is 1. The van der Waals surface area contributed by atoms with Gasteiger partial charge in [0.05, 0.1) is 27.0 Å². The van der Waals surface area contributed by atoms with Crippen molar-refractivity contribution in [2.24, 2.45) is 0 Å². The van der Waals surface area contributed by atoms with Crippen LogP contribution in [0.1, 0.15) is 0 Å². The van der Waals surface area contributed by atoms with Gasteiger partial charge in [-0.15, -0.1) is 0 Å². The predicted molar refractivity (Wildman–Crippen MR) is 116 cm³/mol. The minimum atomic E-state index is -0.642. The van der Waals surface area contributed by atoms with Gasteiger partial charge in [-0.25, -0.2) is 10.2 Å². The summed E-state index contributed by atoms with van der Waals surface area (Å²) >= 11 is 0. The van der Waals surface area contributed by atoms with Crippen LogP contribution < -0.4 is 35.1 Å². The van der Waals surface area contributed by atoms with E-state index < -0.39 is 11.9 Å². The standard InChI is InChI=1S/C22H23N3O6/c1-28-16-6-4-15-11-18(7-5-14(15)10-16)31-13-21(26)24-25-22(27)23-19-9-8-17(29-2)12-20(19)30-3/h4-12H,13H2,1-3H3,(H,24,26)(H2,23,25,27). The Kier molecular flexibility index (Phi) is 7.00. The topological polar surface area (TPSA) is 107 Å². The highest BCUT2D eigenvalue weighted by Crippen LogP contribution is 2.29. The molecule has 0 saturated heterocycles. The van der Waals surface area contributed by atoms with Crippen LogP contribution in [-0.4, -0.2) is 39.9 Å². The van der Waals surface area contributed by atoms with Crippen molar-refractivity contribution in [3.05, 3.63) is 54.6 Å². The molecule has 3 aromatic rings. The Labute approximate surface area is 179 Å². The molecule has 31 heavy (non-hydrogen) atoms. The molecular weight excluding hydrogens is 402 g/mol. The molecule has 9 nitrogen and oxygen atoms in total. The largest absolute Gasteiger partial charge is 0.497 e. The Hall–Kier alpha value is -4.14. The second kappa shape index (κ2) is 10.1. The highest BCUT2D eigenvalue weighted by atomic mass is 16.5. The zero-order valence-corrected chi connectivity index (χ0v) is 17.4. The normalized spacial score (nSPS) is 10.2. The molecule has 3 aromatic carbocycles. The summed E-state index contributed by atoms with van der Waals surface area (Å²) in [4.78, 5) is 24.0. The average molecular weight is 425 g/mol. The number of amides is 3. The molecule has 0 saturated carbocycles. The number of ether oxygens (including phenoxy) is 4. The number of fused-ring (bicyclic) bond motifs is 1. The molecular formula is C22H23N3O6. The first kappa shape index (κ1) is 21.6. The van der Waals surface area contributed by atoms with E-state index >= 15 is 0 Å². The molecule has 0 atom stereocenters. The molecule has 0 unspecified atom stereocenters. The van der Waals surface area contributed by atoms with E-state index in [0.717, 1.165) is 16.5 Å². The van der Waals surface area contributed by atoms with Crippen molar-refractivity contribution in [1.29, 1.82) is 0 Å². The van der Waals surface area contributed by atoms with Crippen LogP contribution in [0.2, 0.25) is 0 Å². The van der Waals surface area contributed by atoms with Gasteiger partial charge in [0, 0.05) is 6.07 Å². The number of urea groups is 1. The fourth-order valence-electron chi connectivity index (χ4n) is 2.79. The van der Waals surface area contributed by atoms with Crippen molar-refractivity contribution < 1.29 is 28.5 Å². The average Bonchev–Trinajstić information content (AvgIpc) is 2.81. The maximum atomic E-state index is 12.0. The predicted octanol–water partition coefficient (Wildman–Crippen LogP) is 3.10. The zero-order valence-electron chi connectivity index (χ0n) is 17.4. The Morgan fingerprint density at radius 1 is 0.742 bits per heavy atom. The molecule has 3 N–H and O–H groups in total. The summed E-state index contributed by atoms with van der Waals surface area (Å²) in [5, 5.41) is 4.51. The summed E-state index contributed by atoms with van der Waals surface area (Å²) < 4.78 is 21.0. The monoisotopic (exact) mass is 425 g/mol. The minimum Gasteiger partial charge on any atom is -0.497 e. The first-order valence-corrected chi connectivity index (χ1v) is 9.31. The Morgan fingerprint density at radius 2 is 1.35 bits per heavy atom. The summed E-state index contributed by atoms with van der Waals surface area (Å²) in [5.41, 5.74) is 4.95. The van der Waals surface area contributed by atoms with Gasteiger partial charge in [0.1, 0.15) is 23.0 Å². The lowest BCUT2D eigenvalue weighted by atomic mass is 10.1. The number of carbonyl (C=O) groups is 2. The SMILES string of the molecule is COc1ccc(NC(=O)NNC(=O)COc2ccc3cc(OC)ccc3c2)c(OC)c1. The van der Waals surface area contributed by atoms with Crippen LogP contribution in [0.25, 0.3) is 10.8 Å². The maximum absolute atomic E-state index is 12.0. The minimum absolute atomic E-state index is 0.270. The highest BCUT2D eigenvalue weighted by molar-refractivity contribution is 5.92. The van der Waals surface area contributed by atoms with Crippen molar-refractivity contribution in [3.63, 3.8) is 0 Å². The molecule has 9 heteroatoms. The first-order chi connectivity index (χ1) is 15.0. The fourth-order valence-corrected chi connectivity index (χ4v) is 2.79. The van der Waals surface area contributed by atoms with E-state index in [2.05, 4.69) is 16.2 Å². The van der Waals surface area contributed by atoms with Gasteiger partial charge < -0.3 is 24.3 Å². The molecule has 0 aromatic heterocycles. The summed E-state index contributed by atoms with van der Waals surface area (Å²) in [7, 11) is 4.61. The second-order valence-electron chi connectivity index (χ2n) is 6.36. The van der Waals surface area contributed by atoms with Crippen LogP contribution in [0.3, 0.4) is 0 Å². The molecule has 0 bridgehead atoms. The number of hydrazine groups is 1. The van der Waals surface area contributed by atoms with E-state index in [4.69, 9.17) is 18.9 Å². The van der Waals surface area contributed by atoms with Crippen molar-refractivity contribution in [2.45, 2.75) is 0 Å². The smallest absolute Gasteiger partial charge is 0.338 e. The Balaban J connectivity index is 1.49. The molecule has 0 aliphatic carbocycles. The molecule has 3 rings (SSSR count). The summed E-state index contributed by atoms with van der Waals surface area (Å²) in [6, 6.07) is 15.4. The Morgan fingerprint density at radius 3 is 2.03 bits per heavy atom. The van der Waals surface area contributed by atoms with Crippen molar-refractivity contribution in [1.82, 2.24) is 10.9 Å². The first-order valence-electron chi connectivity index (χ1n) is 9.31. The van der Waals surface area contributed by atoms with Gasteiger partial charge in [-0.3, -0.25) is 10.2 Å². The van der Waals surface area contributed by atoms with Crippen molar-refractivity contribution in [3.8, 4) is 23.0 Å². The van der Waals surface area contributed by atoms with E-state index in [0.29, 0.717) is 22.9 Å². The van der Waals surface area contributed by atoms with Crippen LogP contribution in [0.5, 0.6) is 23.0 Å². The van der Waals surface area contributed by atoms with Crippen LogP contribution >= 0.6 is 0 Å². The molecule has 0 spiro atoms. The number of carbonyl (C=O) groups excluding carboxylic acids is 2. The highest BCUT2D eigenvalue weighted by Gasteiger charge is 2.10. The van der Waals surface area contributed by atoms with Crippen LogP contribution in [0, 0.1) is 0 Å². The lowest BCUT2D eigenvalue weighted by Gasteiger charge is -2.13. The maximum Gasteiger partial charge on any atom is 0.338 e. The lowest BCUT2D eigenvalue weighted by Crippen LogP contribution is -2.45. The van der Waals surface area contributed by atoms with Gasteiger partial charge in [0.2, 0.25) is 0 Å². The second-order valence-corrected chi connectivity index (χ2v) is 6.36. The quantitative estimate of drug-likeness (QED) is 0.502. The molecule has 0 aliphatic rings. The molecule has 0 fully saturated rings. The van der Waals surface area contributed by atoms with Gasteiger partial charge in [0.25, 0.3) is 5.91 Å². The lowest BCUT2D eigenvalue weighted by molar-refractivity contribution is -0.123. The van der Waals surface area contributed by atoms with E-state index in [9.17, 15) is 9.59 Å². The Bertz CT molecular complexity index is 1090. The summed E-state index contributed by atoms with van der Waals surface area (Å²) in [6.07, 6.45) is 0. The van der Waals surface area contributed by atoms with Crippen molar-refractivity contribution in [2.75, 3.05) is 33.3 Å². The number of nitrogens with one attached hydrogen (secondary N) is 3. The van der Waals surface area contributed by atoms with Gasteiger partial charge in [-0.05, 0) is 47.2 Å². The van der Waals surface area contributed by atoms with E-state index in [-0.39, 0.29) is 6.61 Å². The fraction of sp³-hybridized carbons (Fsp3) is 0.182. The third-order valence-corrected chi connectivity index (χ3v) is 4.36. The zero-order chi connectivity index (χ0) is 22.2. The third kappa shape index (κ3) is 5.69. The molecule has 0 aliphatic heterocycles.